The number of nitrogens with zero attached hydrogens (tertiary/aromatic N) is 1. The zero-order valence-corrected chi connectivity index (χ0v) is 11.2. The lowest BCUT2D eigenvalue weighted by atomic mass is 10.2. The standard InChI is InChI=1S/C10H7Cl2N3O2S/c11-6-2-1-5(3-7(6)12)4-18-10-13-8(16)9(17)14-15-10/h1-3H,4H2,(H,14,17)(H,13,15,16). The van der Waals surface area contributed by atoms with Gasteiger partial charge in [0.2, 0.25) is 0 Å². The number of hydrogen-bond acceptors (Lipinski definition) is 4. The summed E-state index contributed by atoms with van der Waals surface area (Å²) in [6, 6.07) is 5.26. The van der Waals surface area contributed by atoms with Gasteiger partial charge in [0.05, 0.1) is 10.0 Å². The summed E-state index contributed by atoms with van der Waals surface area (Å²) in [4.78, 5) is 24.2. The first kappa shape index (κ1) is 13.2. The van der Waals surface area contributed by atoms with Crippen molar-refractivity contribution in [2.75, 3.05) is 0 Å². The molecule has 1 aromatic heterocycles. The predicted molar refractivity (Wildman–Crippen MR) is 71.5 cm³/mol. The lowest BCUT2D eigenvalue weighted by molar-refractivity contribution is 0.790. The van der Waals surface area contributed by atoms with Gasteiger partial charge in [-0.15, -0.1) is 5.10 Å². The number of hydrogen-bond donors (Lipinski definition) is 2. The second-order valence-corrected chi connectivity index (χ2v) is 5.13. The Labute approximate surface area is 116 Å². The molecule has 0 fully saturated rings. The molecule has 2 N–H and O–H groups in total. The van der Waals surface area contributed by atoms with Crippen LogP contribution >= 0.6 is 35.0 Å². The number of aromatic nitrogens is 3. The number of H-pyrrole nitrogens is 2. The minimum Gasteiger partial charge on any atom is -0.295 e. The average molecular weight is 304 g/mol. The minimum atomic E-state index is -0.770. The number of aromatic amines is 2. The minimum absolute atomic E-state index is 0.339. The van der Waals surface area contributed by atoms with E-state index in [1.165, 1.54) is 11.8 Å². The number of halogens is 2. The maximum Gasteiger partial charge on any atom is 0.329 e. The smallest absolute Gasteiger partial charge is 0.295 e. The molecule has 0 bridgehead atoms. The predicted octanol–water partition coefficient (Wildman–Crippen LogP) is 2.06. The van der Waals surface area contributed by atoms with Gasteiger partial charge in [-0.3, -0.25) is 14.6 Å². The molecule has 0 atom stereocenters. The summed E-state index contributed by atoms with van der Waals surface area (Å²) < 4.78 is 0. The Morgan fingerprint density at radius 2 is 1.94 bits per heavy atom. The van der Waals surface area contributed by atoms with E-state index in [0.29, 0.717) is 21.0 Å². The number of rotatable bonds is 3. The van der Waals surface area contributed by atoms with Gasteiger partial charge in [-0.25, -0.2) is 5.10 Å². The molecule has 8 heteroatoms. The Morgan fingerprint density at radius 1 is 1.17 bits per heavy atom. The molecular weight excluding hydrogens is 297 g/mol. The third-order valence-corrected chi connectivity index (χ3v) is 3.73. The van der Waals surface area contributed by atoms with Crippen molar-refractivity contribution in [1.82, 2.24) is 15.2 Å². The molecule has 18 heavy (non-hydrogen) atoms. The lowest BCUT2D eigenvalue weighted by Gasteiger charge is -2.02. The topological polar surface area (TPSA) is 78.6 Å². The van der Waals surface area contributed by atoms with Gasteiger partial charge in [0, 0.05) is 5.75 Å². The summed E-state index contributed by atoms with van der Waals surface area (Å²) in [6.07, 6.45) is 0. The zero-order chi connectivity index (χ0) is 13.1. The molecule has 2 rings (SSSR count). The lowest BCUT2D eigenvalue weighted by Crippen LogP contribution is -2.30. The molecule has 0 radical (unpaired) electrons. The Kier molecular flexibility index (Phi) is 4.11. The molecule has 0 aliphatic rings. The molecule has 0 saturated carbocycles. The summed E-state index contributed by atoms with van der Waals surface area (Å²) in [5.41, 5.74) is -0.557. The molecule has 0 aliphatic carbocycles. The maximum absolute atomic E-state index is 11.1. The fraction of sp³-hybridized carbons (Fsp3) is 0.100. The van der Waals surface area contributed by atoms with Crippen molar-refractivity contribution in [3.8, 4) is 0 Å². The molecular formula is C10H7Cl2N3O2S. The first-order chi connectivity index (χ1) is 8.56. The van der Waals surface area contributed by atoms with Crippen molar-refractivity contribution in [2.24, 2.45) is 0 Å². The second-order valence-electron chi connectivity index (χ2n) is 3.35. The van der Waals surface area contributed by atoms with Gasteiger partial charge in [0.15, 0.2) is 5.16 Å². The average Bonchev–Trinajstić information content (AvgIpc) is 2.35. The summed E-state index contributed by atoms with van der Waals surface area (Å²) in [7, 11) is 0. The Morgan fingerprint density at radius 3 is 2.61 bits per heavy atom. The van der Waals surface area contributed by atoms with Crippen LogP contribution in [-0.4, -0.2) is 15.2 Å². The van der Waals surface area contributed by atoms with Gasteiger partial charge in [-0.1, -0.05) is 41.0 Å². The summed E-state index contributed by atoms with van der Waals surface area (Å²) in [5.74, 6) is 0.547. The van der Waals surface area contributed by atoms with Crippen molar-refractivity contribution in [3.05, 3.63) is 54.5 Å². The quantitative estimate of drug-likeness (QED) is 0.672. The van der Waals surface area contributed by atoms with Crippen LogP contribution in [0.15, 0.2) is 32.9 Å². The Bertz CT molecular complexity index is 683. The van der Waals surface area contributed by atoms with Gasteiger partial charge in [0.25, 0.3) is 0 Å². The maximum atomic E-state index is 11.1. The van der Waals surface area contributed by atoms with E-state index in [1.54, 1.807) is 12.1 Å². The molecule has 1 heterocycles. The van der Waals surface area contributed by atoms with Crippen LogP contribution in [0.2, 0.25) is 10.0 Å². The third kappa shape index (κ3) is 3.16. The summed E-state index contributed by atoms with van der Waals surface area (Å²) >= 11 is 12.9. The largest absolute Gasteiger partial charge is 0.329 e. The highest BCUT2D eigenvalue weighted by atomic mass is 35.5. The molecule has 94 valence electrons. The van der Waals surface area contributed by atoms with Crippen molar-refractivity contribution < 1.29 is 0 Å². The van der Waals surface area contributed by atoms with Gasteiger partial charge in [0.1, 0.15) is 0 Å². The van der Waals surface area contributed by atoms with Gasteiger partial charge < -0.3 is 0 Å². The van der Waals surface area contributed by atoms with Crippen molar-refractivity contribution in [2.45, 2.75) is 10.9 Å². The van der Waals surface area contributed by atoms with Crippen molar-refractivity contribution in [1.29, 1.82) is 0 Å². The highest BCUT2D eigenvalue weighted by Gasteiger charge is 2.03. The molecule has 0 unspecified atom stereocenters. The van der Waals surface area contributed by atoms with E-state index in [1.807, 2.05) is 6.07 Å². The monoisotopic (exact) mass is 303 g/mol. The molecule has 0 saturated heterocycles. The third-order valence-electron chi connectivity index (χ3n) is 2.05. The normalized spacial score (nSPS) is 10.6. The van der Waals surface area contributed by atoms with E-state index < -0.39 is 11.1 Å². The SMILES string of the molecule is O=c1[nH]nc(SCc2ccc(Cl)c(Cl)c2)[nH]c1=O. The first-order valence-electron chi connectivity index (χ1n) is 4.82. The Balaban J connectivity index is 2.11. The number of nitrogens with one attached hydrogen (secondary N) is 2. The van der Waals surface area contributed by atoms with Gasteiger partial charge in [-0.05, 0) is 17.7 Å². The summed E-state index contributed by atoms with van der Waals surface area (Å²) in [5, 5.41) is 7.11. The first-order valence-corrected chi connectivity index (χ1v) is 6.56. The van der Waals surface area contributed by atoms with E-state index in [9.17, 15) is 9.59 Å². The highest BCUT2D eigenvalue weighted by molar-refractivity contribution is 7.98. The van der Waals surface area contributed by atoms with Crippen LogP contribution < -0.4 is 11.1 Å². The molecule has 2 aromatic rings. The van der Waals surface area contributed by atoms with Gasteiger partial charge in [-0.2, -0.15) is 0 Å². The van der Waals surface area contributed by atoms with E-state index in [4.69, 9.17) is 23.2 Å². The van der Waals surface area contributed by atoms with Crippen LogP contribution in [-0.2, 0) is 5.75 Å². The number of thioether (sulfide) groups is 1. The second kappa shape index (κ2) is 5.60. The van der Waals surface area contributed by atoms with Crippen molar-refractivity contribution >= 4 is 35.0 Å². The molecule has 0 spiro atoms. The number of benzene rings is 1. The highest BCUT2D eigenvalue weighted by Crippen LogP contribution is 2.25. The van der Waals surface area contributed by atoms with E-state index >= 15 is 0 Å². The van der Waals surface area contributed by atoms with Crippen LogP contribution in [0.1, 0.15) is 5.56 Å². The molecule has 0 amide bonds. The van der Waals surface area contributed by atoms with Crippen LogP contribution in [0.4, 0.5) is 0 Å². The molecule has 1 aromatic carbocycles. The van der Waals surface area contributed by atoms with E-state index in [0.717, 1.165) is 5.56 Å². The van der Waals surface area contributed by atoms with Crippen LogP contribution in [0.25, 0.3) is 0 Å². The summed E-state index contributed by atoms with van der Waals surface area (Å²) in [6.45, 7) is 0. The fourth-order valence-electron chi connectivity index (χ4n) is 1.18. The van der Waals surface area contributed by atoms with E-state index in [-0.39, 0.29) is 0 Å². The fourth-order valence-corrected chi connectivity index (χ4v) is 2.26. The van der Waals surface area contributed by atoms with Crippen LogP contribution in [0.3, 0.4) is 0 Å². The van der Waals surface area contributed by atoms with E-state index in [2.05, 4.69) is 15.2 Å². The molecule has 5 nitrogen and oxygen atoms in total. The van der Waals surface area contributed by atoms with Crippen molar-refractivity contribution in [3.63, 3.8) is 0 Å². The van der Waals surface area contributed by atoms with Gasteiger partial charge >= 0.3 is 11.1 Å². The molecule has 0 aliphatic heterocycles. The van der Waals surface area contributed by atoms with Crippen LogP contribution in [0, 0.1) is 0 Å². The zero-order valence-electron chi connectivity index (χ0n) is 8.87. The Hall–Kier alpha value is -1.24. The van der Waals surface area contributed by atoms with Crippen LogP contribution in [0.5, 0.6) is 0 Å².